The van der Waals surface area contributed by atoms with Crippen LogP contribution in [-0.2, 0) is 29.8 Å². The maximum atomic E-state index is 3.32. The number of fused-ring (bicyclic) bond motifs is 3. The van der Waals surface area contributed by atoms with Crippen LogP contribution in [0.2, 0.25) is 0 Å². The Morgan fingerprint density at radius 3 is 2.25 bits per heavy atom. The molecule has 2 aliphatic rings. The standard InChI is InChI=1S/C13H9.C5H5.2CH3.2ClH.Si.Zr/c1-2-6-12-10(4-1)8-9-11-5-3-7-13(11)12;1-2-4-5-3-1;;;;;;/h1-4,6,8-9H,5H2;1-3H,4H2;2*1H3;2*1H;;/q4*-1;;;;. The second-order valence-electron chi connectivity index (χ2n) is 4.38. The summed E-state index contributed by atoms with van der Waals surface area (Å²) in [5.74, 6) is 0. The van der Waals surface area contributed by atoms with E-state index in [0.29, 0.717) is 0 Å². The summed E-state index contributed by atoms with van der Waals surface area (Å²) in [6.07, 6.45) is 16.5. The van der Waals surface area contributed by atoms with Gasteiger partial charge in [0.25, 0.3) is 0 Å². The van der Waals surface area contributed by atoms with Crippen LogP contribution in [0, 0.1) is 27.0 Å². The summed E-state index contributed by atoms with van der Waals surface area (Å²) in [5, 5.41) is 2.64. The first-order chi connectivity index (χ1) is 9.95. The Hall–Kier alpha value is -0.400. The number of hydrogen-bond donors (Lipinski definition) is 0. The molecule has 0 aromatic heterocycles. The third kappa shape index (κ3) is 7.66. The molecule has 0 nitrogen and oxygen atoms in total. The van der Waals surface area contributed by atoms with Crippen molar-refractivity contribution >= 4 is 42.5 Å². The molecule has 0 unspecified atom stereocenters. The molecule has 0 saturated heterocycles. The number of benzene rings is 2. The number of rotatable bonds is 0. The fourth-order valence-electron chi connectivity index (χ4n) is 2.26. The zero-order valence-corrected chi connectivity index (χ0v) is 19.1. The summed E-state index contributed by atoms with van der Waals surface area (Å²) in [4.78, 5) is 0. The molecule has 24 heavy (non-hydrogen) atoms. The van der Waals surface area contributed by atoms with Crippen molar-refractivity contribution in [2.75, 3.05) is 0 Å². The molecule has 4 heteroatoms. The van der Waals surface area contributed by atoms with Gasteiger partial charge in [0.1, 0.15) is 0 Å². The minimum absolute atomic E-state index is 0. The topological polar surface area (TPSA) is 0 Å². The van der Waals surface area contributed by atoms with E-state index >= 15 is 0 Å². The summed E-state index contributed by atoms with van der Waals surface area (Å²) in [6.45, 7) is 3.06. The van der Waals surface area contributed by atoms with Crippen molar-refractivity contribution in [3.05, 3.63) is 98.8 Å². The molecule has 0 amide bonds. The average Bonchev–Trinajstić information content (AvgIpc) is 3.23. The minimum atomic E-state index is 0. The van der Waals surface area contributed by atoms with Gasteiger partial charge in [-0.25, -0.2) is 12.2 Å². The van der Waals surface area contributed by atoms with E-state index in [0.717, 1.165) is 12.8 Å². The van der Waals surface area contributed by atoms with E-state index in [1.165, 1.54) is 45.2 Å². The molecular weight excluding hydrogens is 430 g/mol. The van der Waals surface area contributed by atoms with Gasteiger partial charge >= 0.3 is 30.2 Å². The van der Waals surface area contributed by atoms with Gasteiger partial charge in [0.05, 0.1) is 0 Å². The molecule has 0 bridgehead atoms. The predicted molar refractivity (Wildman–Crippen MR) is 109 cm³/mol. The van der Waals surface area contributed by atoms with Crippen molar-refractivity contribution in [1.82, 2.24) is 0 Å². The molecule has 0 fully saturated rings. The molecule has 2 radical (unpaired) electrons. The average molecular weight is 453 g/mol. The van der Waals surface area contributed by atoms with Crippen LogP contribution in [0.25, 0.3) is 10.8 Å². The first-order valence-corrected chi connectivity index (χ1v) is 10.7. The second-order valence-corrected chi connectivity index (χ2v) is 4.38. The summed E-state index contributed by atoms with van der Waals surface area (Å²) in [7, 11) is 0. The molecule has 0 saturated carbocycles. The second kappa shape index (κ2) is 16.1. The van der Waals surface area contributed by atoms with Crippen molar-refractivity contribution in [3.63, 3.8) is 0 Å². The normalized spacial score (nSPS) is 11.1. The van der Waals surface area contributed by atoms with Gasteiger partial charge in [0.15, 0.2) is 0 Å². The van der Waals surface area contributed by atoms with Gasteiger partial charge in [-0.1, -0.05) is 36.1 Å². The van der Waals surface area contributed by atoms with Crippen molar-refractivity contribution < 1.29 is 23.3 Å². The zero-order valence-electron chi connectivity index (χ0n) is 14.0. The first kappa shape index (κ1) is 28.4. The van der Waals surface area contributed by atoms with Crippen molar-refractivity contribution in [1.29, 1.82) is 0 Å². The molecule has 2 aromatic carbocycles. The van der Waals surface area contributed by atoms with Crippen molar-refractivity contribution in [3.8, 4) is 0 Å². The van der Waals surface area contributed by atoms with Crippen LogP contribution in [0.4, 0.5) is 0 Å². The molecule has 0 atom stereocenters. The van der Waals surface area contributed by atoms with E-state index in [9.17, 15) is 0 Å². The van der Waals surface area contributed by atoms with Gasteiger partial charge in [-0.15, -0.1) is 54.3 Å². The molecule has 4 rings (SSSR count). The molecule has 0 aliphatic heterocycles. The molecule has 2 aliphatic carbocycles. The van der Waals surface area contributed by atoms with Crippen LogP contribution in [0.1, 0.15) is 17.5 Å². The summed E-state index contributed by atoms with van der Waals surface area (Å²) >= 11 is 1.36. The van der Waals surface area contributed by atoms with Gasteiger partial charge in [0.2, 0.25) is 0 Å². The number of halogens is 2. The fraction of sp³-hybridized carbons (Fsp3) is 0.100. The van der Waals surface area contributed by atoms with E-state index in [-0.39, 0.29) is 39.7 Å². The Bertz CT molecular complexity index is 668. The quantitative estimate of drug-likeness (QED) is 0.352. The number of allylic oxidation sites excluding steroid dienone is 5. The van der Waals surface area contributed by atoms with E-state index in [2.05, 4.69) is 67.6 Å². The molecule has 2 aromatic rings. The van der Waals surface area contributed by atoms with Gasteiger partial charge < -0.3 is 14.9 Å². The Morgan fingerprint density at radius 2 is 1.67 bits per heavy atom. The predicted octanol–water partition coefficient (Wildman–Crippen LogP) is 5.77. The van der Waals surface area contributed by atoms with E-state index in [4.69, 9.17) is 0 Å². The summed E-state index contributed by atoms with van der Waals surface area (Å²) in [6, 6.07) is 12.9. The van der Waals surface area contributed by atoms with Gasteiger partial charge in [-0.3, -0.25) is 6.08 Å². The Kier molecular flexibility index (Phi) is 19.0. The molecule has 0 spiro atoms. The third-order valence-electron chi connectivity index (χ3n) is 3.17. The van der Waals surface area contributed by atoms with Gasteiger partial charge in [-0.2, -0.15) is 23.8 Å². The molecule has 0 N–H and O–H groups in total. The van der Waals surface area contributed by atoms with E-state index in [1.54, 1.807) is 0 Å². The van der Waals surface area contributed by atoms with Gasteiger partial charge in [-0.05, 0) is 0 Å². The van der Waals surface area contributed by atoms with Crippen LogP contribution in [-0.4, -0.2) is 6.88 Å². The van der Waals surface area contributed by atoms with Crippen LogP contribution < -0.4 is 0 Å². The van der Waals surface area contributed by atoms with Crippen LogP contribution in [0.5, 0.6) is 0 Å². The van der Waals surface area contributed by atoms with Crippen LogP contribution in [0.15, 0.2) is 60.7 Å². The molecule has 0 heterocycles. The van der Waals surface area contributed by atoms with Crippen LogP contribution in [0.3, 0.4) is 0 Å². The SMILES string of the molecule is Cl.Cl.[C-]1=CC=CC1.[C-]1=CCc2ccc3ccccc3c21.[CH3-].[CH3-].[Si]=[Zr]. The Balaban J connectivity index is -0.000000351. The first-order valence-electron chi connectivity index (χ1n) is 6.51. The van der Waals surface area contributed by atoms with Gasteiger partial charge in [0, 0.05) is 0 Å². The van der Waals surface area contributed by atoms with Crippen molar-refractivity contribution in [2.45, 2.75) is 12.8 Å². The maximum absolute atomic E-state index is 3.32. The van der Waals surface area contributed by atoms with E-state index in [1.807, 2.05) is 12.2 Å². The number of hydrogen-bond acceptors (Lipinski definition) is 0. The monoisotopic (exact) mass is 450 g/mol. The van der Waals surface area contributed by atoms with E-state index < -0.39 is 0 Å². The Labute approximate surface area is 176 Å². The Morgan fingerprint density at radius 1 is 0.958 bits per heavy atom. The fourth-order valence-corrected chi connectivity index (χ4v) is 2.26. The third-order valence-corrected chi connectivity index (χ3v) is 3.17. The zero-order chi connectivity index (χ0) is 14.2. The summed E-state index contributed by atoms with van der Waals surface area (Å²) in [5.41, 5.74) is 2.69. The summed E-state index contributed by atoms with van der Waals surface area (Å²) < 4.78 is 0. The van der Waals surface area contributed by atoms with Crippen LogP contribution >= 0.6 is 24.8 Å². The molecule has 128 valence electrons. The molecular formula is C20H22Cl2SiZr-4. The van der Waals surface area contributed by atoms with Crippen molar-refractivity contribution in [2.24, 2.45) is 0 Å².